The van der Waals surface area contributed by atoms with Gasteiger partial charge < -0.3 is 10.8 Å². The van der Waals surface area contributed by atoms with Crippen LogP contribution in [0.15, 0.2) is 36.5 Å². The summed E-state index contributed by atoms with van der Waals surface area (Å²) in [6.07, 6.45) is 0.898. The number of benzene rings is 1. The molecule has 0 fully saturated rings. The van der Waals surface area contributed by atoms with Crippen molar-refractivity contribution in [3.05, 3.63) is 58.8 Å². The summed E-state index contributed by atoms with van der Waals surface area (Å²) in [5.74, 6) is 0.374. The van der Waals surface area contributed by atoms with E-state index in [1.54, 1.807) is 18.3 Å². The quantitative estimate of drug-likeness (QED) is 0.829. The molecule has 1 heterocycles. The molecule has 2 aromatic rings. The molecule has 3 N–H and O–H groups in total. The molecule has 0 bridgehead atoms. The van der Waals surface area contributed by atoms with Gasteiger partial charge in [0.05, 0.1) is 0 Å². The molecule has 0 aliphatic carbocycles. The summed E-state index contributed by atoms with van der Waals surface area (Å²) >= 11 is 0. The van der Waals surface area contributed by atoms with Crippen molar-refractivity contribution in [3.8, 4) is 0 Å². The van der Waals surface area contributed by atoms with Gasteiger partial charge in [-0.15, -0.1) is 0 Å². The molecule has 1 atom stereocenters. The maximum absolute atomic E-state index is 10.3. The van der Waals surface area contributed by atoms with Crippen molar-refractivity contribution >= 4 is 5.82 Å². The second-order valence-corrected chi connectivity index (χ2v) is 4.30. The summed E-state index contributed by atoms with van der Waals surface area (Å²) in [6, 6.07) is 9.57. The Balaban J connectivity index is 2.43. The number of hydrogen-bond donors (Lipinski definition) is 2. The van der Waals surface area contributed by atoms with Gasteiger partial charge in [-0.05, 0) is 25.5 Å². The van der Waals surface area contributed by atoms with Gasteiger partial charge in [-0.25, -0.2) is 4.98 Å². The molecule has 0 spiro atoms. The van der Waals surface area contributed by atoms with Gasteiger partial charge in [0, 0.05) is 11.8 Å². The minimum absolute atomic E-state index is 0.374. The number of hydrogen-bond acceptors (Lipinski definition) is 3. The van der Waals surface area contributed by atoms with Gasteiger partial charge in [0.15, 0.2) is 0 Å². The Kier molecular flexibility index (Phi) is 3.11. The van der Waals surface area contributed by atoms with E-state index in [1.165, 1.54) is 0 Å². The first kappa shape index (κ1) is 11.6. The summed E-state index contributed by atoms with van der Waals surface area (Å²) in [5.41, 5.74) is 9.52. The van der Waals surface area contributed by atoms with Crippen molar-refractivity contribution in [1.82, 2.24) is 4.98 Å². The lowest BCUT2D eigenvalue weighted by Crippen LogP contribution is -2.05. The van der Waals surface area contributed by atoms with Crippen LogP contribution in [0, 0.1) is 13.8 Å². The smallest absolute Gasteiger partial charge is 0.129 e. The number of nitrogens with two attached hydrogens (primary N) is 1. The molecule has 0 radical (unpaired) electrons. The summed E-state index contributed by atoms with van der Waals surface area (Å²) < 4.78 is 0. The first-order valence-corrected chi connectivity index (χ1v) is 5.54. The fraction of sp³-hybridized carbons (Fsp3) is 0.214. The maximum atomic E-state index is 10.3. The highest BCUT2D eigenvalue weighted by Gasteiger charge is 2.14. The number of rotatable bonds is 2. The second-order valence-electron chi connectivity index (χ2n) is 4.30. The zero-order valence-corrected chi connectivity index (χ0v) is 10.0. The Morgan fingerprint density at radius 1 is 1.18 bits per heavy atom. The summed E-state index contributed by atoms with van der Waals surface area (Å²) in [4.78, 5) is 3.99. The average molecular weight is 228 g/mol. The van der Waals surface area contributed by atoms with E-state index < -0.39 is 6.10 Å². The fourth-order valence-corrected chi connectivity index (χ4v) is 2.01. The van der Waals surface area contributed by atoms with Crippen molar-refractivity contribution < 1.29 is 5.11 Å². The predicted molar refractivity (Wildman–Crippen MR) is 68.6 cm³/mol. The highest BCUT2D eigenvalue weighted by molar-refractivity contribution is 5.45. The van der Waals surface area contributed by atoms with Crippen LogP contribution in [0.5, 0.6) is 0 Å². The van der Waals surface area contributed by atoms with Crippen LogP contribution in [0.3, 0.4) is 0 Å². The van der Waals surface area contributed by atoms with E-state index in [4.69, 9.17) is 5.73 Å². The minimum atomic E-state index is -0.720. The van der Waals surface area contributed by atoms with Crippen LogP contribution in [-0.4, -0.2) is 10.1 Å². The molecule has 0 saturated carbocycles. The molecule has 0 amide bonds. The molecule has 3 heteroatoms. The van der Waals surface area contributed by atoms with E-state index in [0.717, 1.165) is 16.7 Å². The van der Waals surface area contributed by atoms with Crippen LogP contribution in [-0.2, 0) is 0 Å². The Morgan fingerprint density at radius 3 is 2.41 bits per heavy atom. The molecule has 1 aromatic carbocycles. The number of anilines is 1. The largest absolute Gasteiger partial charge is 0.384 e. The lowest BCUT2D eigenvalue weighted by atomic mass is 9.98. The number of aliphatic hydroxyl groups excluding tert-OH is 1. The number of aromatic nitrogens is 1. The van der Waals surface area contributed by atoms with Crippen molar-refractivity contribution in [2.24, 2.45) is 0 Å². The number of nitrogen functional groups attached to an aromatic ring is 1. The van der Waals surface area contributed by atoms with Crippen LogP contribution < -0.4 is 5.73 Å². The van der Waals surface area contributed by atoms with Gasteiger partial charge >= 0.3 is 0 Å². The normalized spacial score (nSPS) is 12.4. The molecular weight excluding hydrogens is 212 g/mol. The highest BCUT2D eigenvalue weighted by atomic mass is 16.3. The van der Waals surface area contributed by atoms with Crippen molar-refractivity contribution in [3.63, 3.8) is 0 Å². The SMILES string of the molecule is Cc1cc(C)cc(C(O)c2cccnc2N)c1. The van der Waals surface area contributed by atoms with Crippen LogP contribution in [0.4, 0.5) is 5.82 Å². The maximum Gasteiger partial charge on any atom is 0.129 e. The molecule has 1 aromatic heterocycles. The van der Waals surface area contributed by atoms with Gasteiger partial charge in [-0.1, -0.05) is 35.4 Å². The minimum Gasteiger partial charge on any atom is -0.384 e. The van der Waals surface area contributed by atoms with E-state index in [1.807, 2.05) is 26.0 Å². The monoisotopic (exact) mass is 228 g/mol. The van der Waals surface area contributed by atoms with Crippen molar-refractivity contribution in [1.29, 1.82) is 0 Å². The Bertz CT molecular complexity index is 517. The zero-order chi connectivity index (χ0) is 12.4. The third-order valence-electron chi connectivity index (χ3n) is 2.73. The van der Waals surface area contributed by atoms with E-state index in [0.29, 0.717) is 11.4 Å². The molecule has 0 aliphatic heterocycles. The lowest BCUT2D eigenvalue weighted by Gasteiger charge is -2.14. The molecule has 0 aliphatic rings. The summed E-state index contributed by atoms with van der Waals surface area (Å²) in [6.45, 7) is 4.02. The molecular formula is C14H16N2O. The zero-order valence-electron chi connectivity index (χ0n) is 10.0. The molecule has 3 nitrogen and oxygen atoms in total. The van der Waals surface area contributed by atoms with Crippen LogP contribution in [0.1, 0.15) is 28.4 Å². The Labute approximate surface area is 101 Å². The first-order valence-electron chi connectivity index (χ1n) is 5.54. The third-order valence-corrected chi connectivity index (χ3v) is 2.73. The van der Waals surface area contributed by atoms with Gasteiger partial charge in [-0.3, -0.25) is 0 Å². The first-order chi connectivity index (χ1) is 8.08. The van der Waals surface area contributed by atoms with Gasteiger partial charge in [0.25, 0.3) is 0 Å². The average Bonchev–Trinajstić information content (AvgIpc) is 2.27. The van der Waals surface area contributed by atoms with Crippen LogP contribution in [0.25, 0.3) is 0 Å². The predicted octanol–water partition coefficient (Wildman–Crippen LogP) is 2.36. The topological polar surface area (TPSA) is 59.1 Å². The van der Waals surface area contributed by atoms with E-state index in [9.17, 15) is 5.11 Å². The van der Waals surface area contributed by atoms with E-state index >= 15 is 0 Å². The van der Waals surface area contributed by atoms with Gasteiger partial charge in [0.1, 0.15) is 11.9 Å². The number of pyridine rings is 1. The van der Waals surface area contributed by atoms with Gasteiger partial charge in [-0.2, -0.15) is 0 Å². The van der Waals surface area contributed by atoms with Crippen LogP contribution in [0.2, 0.25) is 0 Å². The Morgan fingerprint density at radius 2 is 1.82 bits per heavy atom. The third kappa shape index (κ3) is 2.45. The van der Waals surface area contributed by atoms with E-state index in [-0.39, 0.29) is 0 Å². The van der Waals surface area contributed by atoms with Crippen LogP contribution >= 0.6 is 0 Å². The standard InChI is InChI=1S/C14H16N2O/c1-9-6-10(2)8-11(7-9)13(17)12-4-3-5-16-14(12)15/h3-8,13,17H,1-2H3,(H2,15,16). The molecule has 2 rings (SSSR count). The van der Waals surface area contributed by atoms with E-state index in [2.05, 4.69) is 11.1 Å². The molecule has 17 heavy (non-hydrogen) atoms. The summed E-state index contributed by atoms with van der Waals surface area (Å²) in [7, 11) is 0. The van der Waals surface area contributed by atoms with Gasteiger partial charge in [0.2, 0.25) is 0 Å². The second kappa shape index (κ2) is 4.55. The number of aryl methyl sites for hydroxylation is 2. The molecule has 0 saturated heterocycles. The lowest BCUT2D eigenvalue weighted by molar-refractivity contribution is 0.220. The number of nitrogens with zero attached hydrogens (tertiary/aromatic N) is 1. The van der Waals surface area contributed by atoms with Crippen molar-refractivity contribution in [2.45, 2.75) is 20.0 Å². The molecule has 88 valence electrons. The summed E-state index contributed by atoms with van der Waals surface area (Å²) in [5, 5.41) is 10.3. The number of aliphatic hydroxyl groups is 1. The highest BCUT2D eigenvalue weighted by Crippen LogP contribution is 2.26. The van der Waals surface area contributed by atoms with Crippen molar-refractivity contribution in [2.75, 3.05) is 5.73 Å². The molecule has 1 unspecified atom stereocenters. The Hall–Kier alpha value is -1.87. The fourth-order valence-electron chi connectivity index (χ4n) is 2.01.